The van der Waals surface area contributed by atoms with E-state index in [1.54, 1.807) is 13.2 Å². The van der Waals surface area contributed by atoms with E-state index in [1.807, 2.05) is 18.2 Å². The molecule has 0 saturated heterocycles. The summed E-state index contributed by atoms with van der Waals surface area (Å²) < 4.78 is 16.2. The molecule has 0 bridgehead atoms. The number of hydrogen-bond donors (Lipinski definition) is 1. The van der Waals surface area contributed by atoms with Crippen LogP contribution in [0.25, 0.3) is 11.3 Å². The van der Waals surface area contributed by atoms with E-state index >= 15 is 0 Å². The second kappa shape index (κ2) is 4.84. The molecule has 0 aliphatic heterocycles. The zero-order valence-electron chi connectivity index (χ0n) is 10.8. The minimum absolute atomic E-state index is 0.364. The number of benzene rings is 1. The van der Waals surface area contributed by atoms with Crippen molar-refractivity contribution in [2.24, 2.45) is 5.92 Å². The summed E-state index contributed by atoms with van der Waals surface area (Å²) in [5.74, 6) is 3.13. The molecule has 3 rings (SSSR count). The van der Waals surface area contributed by atoms with Crippen molar-refractivity contribution in [3.63, 3.8) is 0 Å². The maximum atomic E-state index is 5.75. The third-order valence-electron chi connectivity index (χ3n) is 3.15. The van der Waals surface area contributed by atoms with E-state index in [0.717, 1.165) is 17.9 Å². The van der Waals surface area contributed by atoms with Gasteiger partial charge in [0.25, 0.3) is 0 Å². The van der Waals surface area contributed by atoms with Crippen molar-refractivity contribution >= 4 is 5.82 Å². The molecular weight excluding hydrogens is 244 g/mol. The van der Waals surface area contributed by atoms with Crippen LogP contribution in [0.3, 0.4) is 0 Å². The molecule has 100 valence electrons. The van der Waals surface area contributed by atoms with Gasteiger partial charge in [0.1, 0.15) is 0 Å². The number of anilines is 1. The van der Waals surface area contributed by atoms with Crippen LogP contribution >= 0.6 is 0 Å². The van der Waals surface area contributed by atoms with E-state index in [9.17, 15) is 0 Å². The van der Waals surface area contributed by atoms with Crippen LogP contribution in [-0.4, -0.2) is 18.9 Å². The van der Waals surface area contributed by atoms with Gasteiger partial charge in [0.2, 0.25) is 0 Å². The van der Waals surface area contributed by atoms with Crippen molar-refractivity contribution in [3.8, 4) is 22.8 Å². The highest BCUT2D eigenvalue weighted by molar-refractivity contribution is 5.64. The van der Waals surface area contributed by atoms with Crippen LogP contribution in [0.15, 0.2) is 28.8 Å². The van der Waals surface area contributed by atoms with E-state index in [2.05, 4.69) is 5.16 Å². The van der Waals surface area contributed by atoms with Crippen molar-refractivity contribution < 1.29 is 14.0 Å². The minimum atomic E-state index is 0.364. The quantitative estimate of drug-likeness (QED) is 0.895. The first-order valence-electron chi connectivity index (χ1n) is 6.29. The predicted octanol–water partition coefficient (Wildman–Crippen LogP) is 2.72. The third kappa shape index (κ3) is 2.65. The van der Waals surface area contributed by atoms with Gasteiger partial charge in [-0.25, -0.2) is 0 Å². The average molecular weight is 260 g/mol. The second-order valence-corrected chi connectivity index (χ2v) is 4.74. The first-order valence-corrected chi connectivity index (χ1v) is 6.29. The lowest BCUT2D eigenvalue weighted by Crippen LogP contribution is -2.00. The normalized spacial score (nSPS) is 14.4. The summed E-state index contributed by atoms with van der Waals surface area (Å²) in [4.78, 5) is 0. The van der Waals surface area contributed by atoms with E-state index in [1.165, 1.54) is 12.8 Å². The molecule has 5 heteroatoms. The molecule has 0 atom stereocenters. The van der Waals surface area contributed by atoms with Crippen LogP contribution in [0.4, 0.5) is 5.82 Å². The number of nitrogens with two attached hydrogens (primary N) is 1. The molecule has 0 radical (unpaired) electrons. The highest BCUT2D eigenvalue weighted by atomic mass is 16.5. The summed E-state index contributed by atoms with van der Waals surface area (Å²) in [6.07, 6.45) is 2.52. The molecule has 1 saturated carbocycles. The fourth-order valence-corrected chi connectivity index (χ4v) is 1.86. The number of methoxy groups -OCH3 is 1. The molecular formula is C14H16N2O3. The minimum Gasteiger partial charge on any atom is -0.493 e. The number of hydrogen-bond acceptors (Lipinski definition) is 5. The van der Waals surface area contributed by atoms with Gasteiger partial charge in [-0.15, -0.1) is 0 Å². The number of rotatable bonds is 5. The van der Waals surface area contributed by atoms with E-state index < -0.39 is 0 Å². The molecule has 19 heavy (non-hydrogen) atoms. The van der Waals surface area contributed by atoms with Gasteiger partial charge >= 0.3 is 0 Å². The first-order chi connectivity index (χ1) is 9.26. The zero-order valence-corrected chi connectivity index (χ0v) is 10.8. The standard InChI is InChI=1S/C14H16N2O3/c1-17-13-6-10(12-7-14(15)16-19-12)4-5-11(13)18-8-9-2-3-9/h4-7,9H,2-3,8H2,1H3,(H2,15,16). The molecule has 1 aromatic carbocycles. The molecule has 1 aliphatic rings. The van der Waals surface area contributed by atoms with Gasteiger partial charge in [-0.2, -0.15) is 0 Å². The fraction of sp³-hybridized carbons (Fsp3) is 0.357. The molecule has 2 N–H and O–H groups in total. The summed E-state index contributed by atoms with van der Waals surface area (Å²) in [6.45, 7) is 0.755. The summed E-state index contributed by atoms with van der Waals surface area (Å²) in [5, 5.41) is 3.67. The van der Waals surface area contributed by atoms with Gasteiger partial charge in [-0.05, 0) is 37.0 Å². The van der Waals surface area contributed by atoms with Crippen LogP contribution in [0.5, 0.6) is 11.5 Å². The van der Waals surface area contributed by atoms with Crippen molar-refractivity contribution in [3.05, 3.63) is 24.3 Å². The monoisotopic (exact) mass is 260 g/mol. The van der Waals surface area contributed by atoms with E-state index in [-0.39, 0.29) is 0 Å². The molecule has 1 aliphatic carbocycles. The van der Waals surface area contributed by atoms with Crippen LogP contribution in [-0.2, 0) is 0 Å². The summed E-state index contributed by atoms with van der Waals surface area (Å²) in [5.41, 5.74) is 6.40. The molecule has 0 spiro atoms. The SMILES string of the molecule is COc1cc(-c2cc(N)no2)ccc1OCC1CC1. The lowest BCUT2D eigenvalue weighted by molar-refractivity contribution is 0.280. The molecule has 0 amide bonds. The lowest BCUT2D eigenvalue weighted by Gasteiger charge is -2.11. The van der Waals surface area contributed by atoms with Crippen molar-refractivity contribution in [2.75, 3.05) is 19.5 Å². The Balaban J connectivity index is 1.83. The molecule has 1 fully saturated rings. The Labute approximate surface area is 111 Å². The largest absolute Gasteiger partial charge is 0.493 e. The van der Waals surface area contributed by atoms with Crippen LogP contribution in [0.2, 0.25) is 0 Å². The Hall–Kier alpha value is -2.17. The average Bonchev–Trinajstić information content (AvgIpc) is 3.16. The Morgan fingerprint density at radius 1 is 1.32 bits per heavy atom. The Bertz CT molecular complexity index is 576. The Kier molecular flexibility index (Phi) is 3.03. The highest BCUT2D eigenvalue weighted by Gasteiger charge is 2.22. The van der Waals surface area contributed by atoms with Gasteiger partial charge in [-0.1, -0.05) is 5.16 Å². The van der Waals surface area contributed by atoms with Gasteiger partial charge in [0.05, 0.1) is 13.7 Å². The lowest BCUT2D eigenvalue weighted by atomic mass is 10.1. The zero-order chi connectivity index (χ0) is 13.2. The number of nitrogens with zero attached hydrogens (tertiary/aromatic N) is 1. The fourth-order valence-electron chi connectivity index (χ4n) is 1.86. The van der Waals surface area contributed by atoms with Crippen LogP contribution in [0, 0.1) is 5.92 Å². The topological polar surface area (TPSA) is 70.5 Å². The van der Waals surface area contributed by atoms with Gasteiger partial charge < -0.3 is 19.7 Å². The maximum absolute atomic E-state index is 5.75. The van der Waals surface area contributed by atoms with Gasteiger partial charge in [0.15, 0.2) is 23.1 Å². The third-order valence-corrected chi connectivity index (χ3v) is 3.15. The first kappa shape index (κ1) is 11.9. The smallest absolute Gasteiger partial charge is 0.169 e. The van der Waals surface area contributed by atoms with E-state index in [0.29, 0.717) is 23.2 Å². The van der Waals surface area contributed by atoms with Crippen LogP contribution in [0.1, 0.15) is 12.8 Å². The molecule has 2 aromatic rings. The van der Waals surface area contributed by atoms with E-state index in [4.69, 9.17) is 19.7 Å². The van der Waals surface area contributed by atoms with Gasteiger partial charge in [-0.3, -0.25) is 0 Å². The van der Waals surface area contributed by atoms with Gasteiger partial charge in [0, 0.05) is 11.6 Å². The Morgan fingerprint density at radius 3 is 2.79 bits per heavy atom. The maximum Gasteiger partial charge on any atom is 0.169 e. The molecule has 1 aromatic heterocycles. The molecule has 1 heterocycles. The summed E-state index contributed by atoms with van der Waals surface area (Å²) in [6, 6.07) is 7.33. The number of ether oxygens (including phenoxy) is 2. The van der Waals surface area contributed by atoms with Crippen molar-refractivity contribution in [1.29, 1.82) is 0 Å². The number of aromatic nitrogens is 1. The predicted molar refractivity (Wildman–Crippen MR) is 71.1 cm³/mol. The van der Waals surface area contributed by atoms with Crippen molar-refractivity contribution in [1.82, 2.24) is 5.16 Å². The molecule has 5 nitrogen and oxygen atoms in total. The second-order valence-electron chi connectivity index (χ2n) is 4.74. The van der Waals surface area contributed by atoms with Crippen molar-refractivity contribution in [2.45, 2.75) is 12.8 Å². The molecule has 0 unspecified atom stereocenters. The highest BCUT2D eigenvalue weighted by Crippen LogP contribution is 2.35. The summed E-state index contributed by atoms with van der Waals surface area (Å²) in [7, 11) is 1.62. The number of nitrogen functional groups attached to an aromatic ring is 1. The summed E-state index contributed by atoms with van der Waals surface area (Å²) >= 11 is 0. The van der Waals surface area contributed by atoms with Crippen LogP contribution < -0.4 is 15.2 Å². The Morgan fingerprint density at radius 2 is 2.16 bits per heavy atom.